The minimum atomic E-state index is -3.79. The number of quaternary nitrogens is 1. The van der Waals surface area contributed by atoms with E-state index in [2.05, 4.69) is 4.98 Å². The van der Waals surface area contributed by atoms with Gasteiger partial charge in [0.1, 0.15) is 23.5 Å². The number of carbonyl (C=O) groups is 1. The largest absolute Gasteiger partial charge is 0.339 e. The summed E-state index contributed by atoms with van der Waals surface area (Å²) in [6, 6.07) is 5.76. The fourth-order valence-corrected chi connectivity index (χ4v) is 7.26. The normalized spacial score (nSPS) is 24.8. The number of rotatable bonds is 8. The average molecular weight is 499 g/mol. The van der Waals surface area contributed by atoms with E-state index in [1.165, 1.54) is 30.9 Å². The van der Waals surface area contributed by atoms with Crippen LogP contribution in [0.25, 0.3) is 0 Å². The molecule has 0 aliphatic heterocycles. The lowest BCUT2D eigenvalue weighted by atomic mass is 9.63. The van der Waals surface area contributed by atoms with Crippen molar-refractivity contribution in [3.8, 4) is 0 Å². The van der Waals surface area contributed by atoms with E-state index in [0.717, 1.165) is 36.1 Å². The van der Waals surface area contributed by atoms with Crippen LogP contribution < -0.4 is 5.32 Å². The van der Waals surface area contributed by atoms with Crippen LogP contribution in [0.1, 0.15) is 38.5 Å². The van der Waals surface area contributed by atoms with Crippen molar-refractivity contribution >= 4 is 28.2 Å². The minimum Gasteiger partial charge on any atom is -0.339 e. The number of fused-ring (bicyclic) bond motifs is 1. The Kier molecular flexibility index (Phi) is 6.06. The van der Waals surface area contributed by atoms with Gasteiger partial charge < -0.3 is 14.8 Å². The maximum atomic E-state index is 13.5. The maximum Gasteiger partial charge on any atom is 0.262 e. The Balaban J connectivity index is 1.44. The highest BCUT2D eigenvalue weighted by atomic mass is 32.2. The summed E-state index contributed by atoms with van der Waals surface area (Å²) < 4.78 is 43.6. The molecular weight excluding hydrogens is 469 g/mol. The highest BCUT2D eigenvalue weighted by Crippen LogP contribution is 2.50. The number of aldehydes is 1. The van der Waals surface area contributed by atoms with Crippen molar-refractivity contribution in [3.63, 3.8) is 0 Å². The highest BCUT2D eigenvalue weighted by molar-refractivity contribution is 7.89. The van der Waals surface area contributed by atoms with Crippen LogP contribution in [0.2, 0.25) is 0 Å². The number of allylic oxidation sites excluding steroid dienone is 3. The van der Waals surface area contributed by atoms with Crippen molar-refractivity contribution in [2.24, 2.45) is 12.5 Å². The van der Waals surface area contributed by atoms with Gasteiger partial charge in [0.25, 0.3) is 10.0 Å². The summed E-state index contributed by atoms with van der Waals surface area (Å²) in [5.41, 5.74) is 2.47. The molecule has 10 heteroatoms. The topological polar surface area (TPSA) is 113 Å². The molecule has 1 aromatic carbocycles. The summed E-state index contributed by atoms with van der Waals surface area (Å²) in [6.45, 7) is 0. The maximum absolute atomic E-state index is 13.5. The molecule has 1 aromatic heterocycles. The van der Waals surface area contributed by atoms with Gasteiger partial charge in [-0.2, -0.15) is 4.31 Å². The molecule has 0 spiro atoms. The van der Waals surface area contributed by atoms with Crippen LogP contribution in [0.15, 0.2) is 64.7 Å². The first kappa shape index (κ1) is 23.8. The predicted octanol–water partition coefficient (Wildman–Crippen LogP) is 2.58. The molecular formula is C25H29FN5O3S+. The fraction of sp³-hybridized carbons (Fsp3) is 0.400. The number of sulfonamides is 1. The molecule has 2 fully saturated rings. The van der Waals surface area contributed by atoms with Crippen molar-refractivity contribution in [2.45, 2.75) is 55.6 Å². The van der Waals surface area contributed by atoms with Gasteiger partial charge in [-0.15, -0.1) is 0 Å². The summed E-state index contributed by atoms with van der Waals surface area (Å²) in [6.07, 6.45) is 10.7. The average Bonchev–Trinajstić information content (AvgIpc) is 3.57. The van der Waals surface area contributed by atoms with Crippen LogP contribution in [0.4, 0.5) is 10.1 Å². The third-order valence-corrected chi connectivity index (χ3v) is 9.17. The molecule has 2 atom stereocenters. The molecule has 0 amide bonds. The molecule has 3 aliphatic carbocycles. The molecule has 35 heavy (non-hydrogen) atoms. The second-order valence-corrected chi connectivity index (χ2v) is 11.6. The zero-order valence-electron chi connectivity index (χ0n) is 19.5. The van der Waals surface area contributed by atoms with E-state index in [1.807, 2.05) is 11.4 Å². The number of halogens is 1. The zero-order valence-corrected chi connectivity index (χ0v) is 20.3. The van der Waals surface area contributed by atoms with Gasteiger partial charge in [-0.3, -0.25) is 5.32 Å². The molecule has 3 N–H and O–H groups in total. The standard InChI is InChI=1S/C25H28FN5O3S/c1-30-14-24(28-16-30)35(33,34)31(21-8-9-21)22-7-2-18-10-23(29-20-5-3-19(26)4-6-20)17(13-27)11-25(18,12-22)15-32/h3-6,10,13-16,21-22,27,29H,2,7-9,11-12H2,1H3/p+1. The molecule has 2 unspecified atom stereocenters. The molecule has 0 saturated heterocycles. The second-order valence-electron chi connectivity index (χ2n) is 9.78. The fourth-order valence-electron chi connectivity index (χ4n) is 5.39. The lowest BCUT2D eigenvalue weighted by Crippen LogP contribution is -2.76. The van der Waals surface area contributed by atoms with E-state index < -0.39 is 15.4 Å². The van der Waals surface area contributed by atoms with Gasteiger partial charge in [0.15, 0.2) is 5.03 Å². The van der Waals surface area contributed by atoms with Crippen LogP contribution in [0.5, 0.6) is 0 Å². The number of nitrogens with one attached hydrogen (secondary N) is 1. The van der Waals surface area contributed by atoms with E-state index in [1.54, 1.807) is 28.1 Å². The van der Waals surface area contributed by atoms with Crippen LogP contribution in [-0.2, 0) is 21.9 Å². The molecule has 2 aromatic rings. The number of imidazole rings is 1. The molecule has 0 bridgehead atoms. The Labute approximate surface area is 204 Å². The predicted molar refractivity (Wildman–Crippen MR) is 128 cm³/mol. The van der Waals surface area contributed by atoms with Crippen molar-refractivity contribution in [3.05, 3.63) is 65.5 Å². The van der Waals surface area contributed by atoms with E-state index in [-0.39, 0.29) is 22.9 Å². The van der Waals surface area contributed by atoms with Crippen LogP contribution in [0, 0.1) is 16.6 Å². The Morgan fingerprint density at radius 3 is 2.57 bits per heavy atom. The first-order valence-electron chi connectivity index (χ1n) is 11.8. The highest BCUT2D eigenvalue weighted by Gasteiger charge is 2.50. The van der Waals surface area contributed by atoms with Gasteiger partial charge in [-0.05, 0) is 56.7 Å². The number of aryl methyl sites for hydroxylation is 1. The van der Waals surface area contributed by atoms with Gasteiger partial charge in [0.05, 0.1) is 11.7 Å². The second kappa shape index (κ2) is 8.92. The molecule has 8 nitrogen and oxygen atoms in total. The van der Waals surface area contributed by atoms with Crippen molar-refractivity contribution in [2.75, 3.05) is 0 Å². The number of carbonyl (C=O) groups excluding carboxylic acids is 1. The monoisotopic (exact) mass is 498 g/mol. The summed E-state index contributed by atoms with van der Waals surface area (Å²) in [4.78, 5) is 16.7. The van der Waals surface area contributed by atoms with Crippen LogP contribution in [-0.4, -0.2) is 46.9 Å². The minimum absolute atomic E-state index is 0.0355. The van der Waals surface area contributed by atoms with E-state index in [4.69, 9.17) is 5.41 Å². The Morgan fingerprint density at radius 1 is 1.23 bits per heavy atom. The zero-order chi connectivity index (χ0) is 24.8. The SMILES string of the molecule is Cn1cnc(S(=O)(=O)N(C2CC2)C2CCC3=CC([NH2+]c4ccc(F)cc4)=C(C=N)CC3(C=O)C2)c1. The van der Waals surface area contributed by atoms with Crippen molar-refractivity contribution in [1.29, 1.82) is 5.41 Å². The number of hydrogen-bond acceptors (Lipinski definition) is 5. The number of hydrogen-bond donors (Lipinski definition) is 2. The van der Waals surface area contributed by atoms with Gasteiger partial charge in [0, 0.05) is 49.2 Å². The molecule has 184 valence electrons. The Hall–Kier alpha value is -2.95. The first-order valence-corrected chi connectivity index (χ1v) is 13.2. The summed E-state index contributed by atoms with van der Waals surface area (Å²) >= 11 is 0. The summed E-state index contributed by atoms with van der Waals surface area (Å²) in [5, 5.41) is 9.93. The quantitative estimate of drug-likeness (QED) is 0.331. The molecule has 5 rings (SSSR count). The van der Waals surface area contributed by atoms with Crippen LogP contribution >= 0.6 is 0 Å². The molecule has 1 heterocycles. The van der Waals surface area contributed by atoms with Crippen molar-refractivity contribution in [1.82, 2.24) is 13.9 Å². The third kappa shape index (κ3) is 4.41. The molecule has 0 radical (unpaired) electrons. The van der Waals surface area contributed by atoms with Gasteiger partial charge >= 0.3 is 0 Å². The van der Waals surface area contributed by atoms with E-state index >= 15 is 0 Å². The van der Waals surface area contributed by atoms with Gasteiger partial charge in [0.2, 0.25) is 0 Å². The lowest BCUT2D eigenvalue weighted by molar-refractivity contribution is -0.513. The van der Waals surface area contributed by atoms with Crippen molar-refractivity contribution < 1.29 is 22.9 Å². The van der Waals surface area contributed by atoms with Gasteiger partial charge in [-0.1, -0.05) is 5.57 Å². The molecule has 2 saturated carbocycles. The summed E-state index contributed by atoms with van der Waals surface area (Å²) in [7, 11) is -2.05. The molecule has 3 aliphatic rings. The smallest absolute Gasteiger partial charge is 0.262 e. The number of aromatic nitrogens is 2. The van der Waals surface area contributed by atoms with Gasteiger partial charge in [-0.25, -0.2) is 17.8 Å². The lowest BCUT2D eigenvalue weighted by Gasteiger charge is -2.44. The van der Waals surface area contributed by atoms with E-state index in [9.17, 15) is 17.6 Å². The first-order chi connectivity index (χ1) is 16.8. The Morgan fingerprint density at radius 2 is 1.97 bits per heavy atom. The number of nitrogens with zero attached hydrogens (tertiary/aromatic N) is 3. The third-order valence-electron chi connectivity index (χ3n) is 7.27. The Bertz CT molecular complexity index is 1330. The van der Waals surface area contributed by atoms with Crippen LogP contribution in [0.3, 0.4) is 0 Å². The number of benzene rings is 1. The summed E-state index contributed by atoms with van der Waals surface area (Å²) in [5.74, 6) is -0.315. The van der Waals surface area contributed by atoms with E-state index in [0.29, 0.717) is 31.3 Å². The number of nitrogens with two attached hydrogens (primary N) is 1.